The summed E-state index contributed by atoms with van der Waals surface area (Å²) in [5.41, 5.74) is 9.20. The standard InChI is InChI=1S/C15H24N2O/c1-4-11(3)17-14-6-5-10(2)7-12(14)8-13(9-16)15(17)18/h8,10-11H,4-7,9,16H2,1-3H3. The molecule has 1 aromatic rings. The van der Waals surface area contributed by atoms with E-state index in [4.69, 9.17) is 5.73 Å². The first kappa shape index (κ1) is 13.3. The molecule has 0 saturated carbocycles. The lowest BCUT2D eigenvalue weighted by Gasteiger charge is -2.28. The Morgan fingerprint density at radius 3 is 2.89 bits per heavy atom. The third-order valence-corrected chi connectivity index (χ3v) is 4.20. The molecule has 1 heterocycles. The lowest BCUT2D eigenvalue weighted by atomic mass is 9.86. The van der Waals surface area contributed by atoms with Crippen molar-refractivity contribution in [2.45, 2.75) is 59.0 Å². The SMILES string of the molecule is CCC(C)n1c2c(cc(CN)c1=O)CC(C)CC2. The van der Waals surface area contributed by atoms with Crippen LogP contribution in [0.15, 0.2) is 10.9 Å². The van der Waals surface area contributed by atoms with E-state index in [1.165, 1.54) is 17.7 Å². The van der Waals surface area contributed by atoms with Gasteiger partial charge in [-0.1, -0.05) is 13.8 Å². The van der Waals surface area contributed by atoms with Crippen LogP contribution in [0.4, 0.5) is 0 Å². The van der Waals surface area contributed by atoms with Crippen LogP contribution in [-0.4, -0.2) is 4.57 Å². The Labute approximate surface area is 109 Å². The Balaban J connectivity index is 2.62. The molecule has 2 rings (SSSR count). The molecule has 0 saturated heterocycles. The highest BCUT2D eigenvalue weighted by molar-refractivity contribution is 5.30. The van der Waals surface area contributed by atoms with Crippen LogP contribution >= 0.6 is 0 Å². The summed E-state index contributed by atoms with van der Waals surface area (Å²) < 4.78 is 2.00. The van der Waals surface area contributed by atoms with E-state index in [0.717, 1.165) is 24.8 Å². The predicted molar refractivity (Wildman–Crippen MR) is 74.8 cm³/mol. The Kier molecular flexibility index (Phi) is 3.91. The zero-order valence-corrected chi connectivity index (χ0v) is 11.7. The first-order valence-electron chi connectivity index (χ1n) is 7.04. The molecule has 0 aliphatic heterocycles. The van der Waals surface area contributed by atoms with Gasteiger partial charge in [0.05, 0.1) is 0 Å². The topological polar surface area (TPSA) is 48.0 Å². The molecule has 0 radical (unpaired) electrons. The zero-order chi connectivity index (χ0) is 13.3. The molecule has 2 unspecified atom stereocenters. The summed E-state index contributed by atoms with van der Waals surface area (Å²) in [6, 6.07) is 2.32. The van der Waals surface area contributed by atoms with Crippen LogP contribution < -0.4 is 11.3 Å². The van der Waals surface area contributed by atoms with Crippen molar-refractivity contribution in [2.24, 2.45) is 11.7 Å². The van der Waals surface area contributed by atoms with Crippen LogP contribution in [0.1, 0.15) is 56.5 Å². The minimum Gasteiger partial charge on any atom is -0.326 e. The number of nitrogens with zero attached hydrogens (tertiary/aromatic N) is 1. The third kappa shape index (κ3) is 2.24. The first-order valence-corrected chi connectivity index (χ1v) is 7.04. The van der Waals surface area contributed by atoms with Crippen molar-refractivity contribution in [2.75, 3.05) is 0 Å². The van der Waals surface area contributed by atoms with Crippen LogP contribution in [0, 0.1) is 5.92 Å². The second-order valence-corrected chi connectivity index (χ2v) is 5.63. The average Bonchev–Trinajstić information content (AvgIpc) is 2.37. The maximum atomic E-state index is 12.4. The molecule has 1 aliphatic carbocycles. The Hall–Kier alpha value is -1.09. The van der Waals surface area contributed by atoms with Crippen molar-refractivity contribution in [1.82, 2.24) is 4.57 Å². The molecular weight excluding hydrogens is 224 g/mol. The van der Waals surface area contributed by atoms with E-state index in [2.05, 4.69) is 20.8 Å². The summed E-state index contributed by atoms with van der Waals surface area (Å²) >= 11 is 0. The van der Waals surface area contributed by atoms with Gasteiger partial charge in [0.1, 0.15) is 0 Å². The molecule has 1 aromatic heterocycles. The van der Waals surface area contributed by atoms with Gasteiger partial charge in [0.15, 0.2) is 0 Å². The highest BCUT2D eigenvalue weighted by Gasteiger charge is 2.22. The van der Waals surface area contributed by atoms with Crippen LogP contribution in [0.5, 0.6) is 0 Å². The average molecular weight is 248 g/mol. The summed E-state index contributed by atoms with van der Waals surface area (Å²) in [6.45, 7) is 6.88. The number of rotatable bonds is 3. The smallest absolute Gasteiger partial charge is 0.255 e. The van der Waals surface area contributed by atoms with Crippen molar-refractivity contribution in [3.8, 4) is 0 Å². The van der Waals surface area contributed by atoms with E-state index in [0.29, 0.717) is 12.5 Å². The van der Waals surface area contributed by atoms with Crippen molar-refractivity contribution >= 4 is 0 Å². The second-order valence-electron chi connectivity index (χ2n) is 5.63. The second kappa shape index (κ2) is 5.27. The fraction of sp³-hybridized carbons (Fsp3) is 0.667. The van der Waals surface area contributed by atoms with Gasteiger partial charge in [-0.2, -0.15) is 0 Å². The zero-order valence-electron chi connectivity index (χ0n) is 11.7. The summed E-state index contributed by atoms with van der Waals surface area (Å²) in [5, 5.41) is 0. The van der Waals surface area contributed by atoms with Gasteiger partial charge >= 0.3 is 0 Å². The van der Waals surface area contributed by atoms with Crippen LogP contribution in [0.25, 0.3) is 0 Å². The van der Waals surface area contributed by atoms with Gasteiger partial charge in [-0.15, -0.1) is 0 Å². The highest BCUT2D eigenvalue weighted by Crippen LogP contribution is 2.27. The molecule has 0 aromatic carbocycles. The molecular formula is C15H24N2O. The van der Waals surface area contributed by atoms with E-state index < -0.39 is 0 Å². The molecule has 2 atom stereocenters. The number of pyridine rings is 1. The van der Waals surface area contributed by atoms with E-state index in [1.807, 2.05) is 10.6 Å². The number of nitrogens with two attached hydrogens (primary N) is 1. The summed E-state index contributed by atoms with van der Waals surface area (Å²) in [4.78, 5) is 12.4. The lowest BCUT2D eigenvalue weighted by Crippen LogP contribution is -2.33. The molecule has 3 heteroatoms. The van der Waals surface area contributed by atoms with Gasteiger partial charge in [-0.05, 0) is 50.2 Å². The fourth-order valence-electron chi connectivity index (χ4n) is 2.90. The monoisotopic (exact) mass is 248 g/mol. The van der Waals surface area contributed by atoms with Crippen LogP contribution in [0.2, 0.25) is 0 Å². The number of hydrogen-bond donors (Lipinski definition) is 1. The van der Waals surface area contributed by atoms with E-state index in [9.17, 15) is 4.79 Å². The highest BCUT2D eigenvalue weighted by atomic mass is 16.1. The van der Waals surface area contributed by atoms with Crippen molar-refractivity contribution < 1.29 is 0 Å². The van der Waals surface area contributed by atoms with Gasteiger partial charge in [0, 0.05) is 23.8 Å². The van der Waals surface area contributed by atoms with Gasteiger partial charge in [-0.3, -0.25) is 4.79 Å². The summed E-state index contributed by atoms with van der Waals surface area (Å²) in [5.74, 6) is 0.714. The molecule has 2 N–H and O–H groups in total. The lowest BCUT2D eigenvalue weighted by molar-refractivity contribution is 0.433. The molecule has 0 fully saturated rings. The number of hydrogen-bond acceptors (Lipinski definition) is 2. The molecule has 3 nitrogen and oxygen atoms in total. The number of fused-ring (bicyclic) bond motifs is 1. The van der Waals surface area contributed by atoms with Crippen LogP contribution in [0.3, 0.4) is 0 Å². The molecule has 0 bridgehead atoms. The summed E-state index contributed by atoms with van der Waals surface area (Å²) in [6.07, 6.45) is 4.28. The fourth-order valence-corrected chi connectivity index (χ4v) is 2.90. The van der Waals surface area contributed by atoms with Gasteiger partial charge in [0.25, 0.3) is 5.56 Å². The largest absolute Gasteiger partial charge is 0.326 e. The summed E-state index contributed by atoms with van der Waals surface area (Å²) in [7, 11) is 0. The normalized spacial score (nSPS) is 20.6. The Morgan fingerprint density at radius 1 is 1.56 bits per heavy atom. The molecule has 0 amide bonds. The Morgan fingerprint density at radius 2 is 2.28 bits per heavy atom. The van der Waals surface area contributed by atoms with E-state index in [1.54, 1.807) is 0 Å². The van der Waals surface area contributed by atoms with E-state index in [-0.39, 0.29) is 11.6 Å². The van der Waals surface area contributed by atoms with E-state index >= 15 is 0 Å². The molecule has 18 heavy (non-hydrogen) atoms. The Bertz CT molecular complexity index is 490. The van der Waals surface area contributed by atoms with Crippen molar-refractivity contribution in [3.05, 3.63) is 33.2 Å². The number of aromatic nitrogens is 1. The quantitative estimate of drug-likeness (QED) is 0.893. The predicted octanol–water partition coefficient (Wildman–Crippen LogP) is 2.40. The van der Waals surface area contributed by atoms with Gasteiger partial charge in [0.2, 0.25) is 0 Å². The van der Waals surface area contributed by atoms with Crippen LogP contribution in [-0.2, 0) is 19.4 Å². The minimum absolute atomic E-state index is 0.125. The van der Waals surface area contributed by atoms with Gasteiger partial charge < -0.3 is 10.3 Å². The first-order chi connectivity index (χ1) is 8.58. The van der Waals surface area contributed by atoms with Gasteiger partial charge in [-0.25, -0.2) is 0 Å². The van der Waals surface area contributed by atoms with Crippen molar-refractivity contribution in [1.29, 1.82) is 0 Å². The van der Waals surface area contributed by atoms with Crippen molar-refractivity contribution in [3.63, 3.8) is 0 Å². The maximum absolute atomic E-state index is 12.4. The molecule has 100 valence electrons. The minimum atomic E-state index is 0.125. The molecule has 1 aliphatic rings. The molecule has 0 spiro atoms. The third-order valence-electron chi connectivity index (χ3n) is 4.20. The maximum Gasteiger partial charge on any atom is 0.255 e.